The van der Waals surface area contributed by atoms with Crippen LogP contribution in [0.1, 0.15) is 11.3 Å². The van der Waals surface area contributed by atoms with Gasteiger partial charge in [0.1, 0.15) is 22.8 Å². The highest BCUT2D eigenvalue weighted by molar-refractivity contribution is 9.10. The van der Waals surface area contributed by atoms with Crippen LogP contribution in [0.15, 0.2) is 63.0 Å². The van der Waals surface area contributed by atoms with Gasteiger partial charge in [0, 0.05) is 16.6 Å². The Balaban J connectivity index is 1.70. The van der Waals surface area contributed by atoms with Gasteiger partial charge >= 0.3 is 6.03 Å². The molecular weight excluding hydrogens is 498 g/mol. The van der Waals surface area contributed by atoms with Crippen molar-refractivity contribution in [2.24, 2.45) is 0 Å². The molecule has 0 radical (unpaired) electrons. The molecule has 1 saturated heterocycles. The third-order valence-electron chi connectivity index (χ3n) is 4.87. The van der Waals surface area contributed by atoms with Gasteiger partial charge in [0.2, 0.25) is 0 Å². The van der Waals surface area contributed by atoms with Gasteiger partial charge in [0.05, 0.1) is 16.2 Å². The predicted octanol–water partition coefficient (Wildman–Crippen LogP) is 4.30. The van der Waals surface area contributed by atoms with Gasteiger partial charge in [-0.2, -0.15) is 0 Å². The molecule has 4 amide bonds. The van der Waals surface area contributed by atoms with Gasteiger partial charge in [-0.25, -0.2) is 9.69 Å². The van der Waals surface area contributed by atoms with Crippen LogP contribution in [0.4, 0.5) is 16.2 Å². The number of urea groups is 1. The number of phenols is 1. The summed E-state index contributed by atoms with van der Waals surface area (Å²) in [4.78, 5) is 49.0. The summed E-state index contributed by atoms with van der Waals surface area (Å²) in [6.07, 6.45) is 1.15. The minimum absolute atomic E-state index is 0.0652. The van der Waals surface area contributed by atoms with E-state index < -0.39 is 22.8 Å². The Morgan fingerprint density at radius 3 is 2.58 bits per heavy atom. The van der Waals surface area contributed by atoms with E-state index in [0.29, 0.717) is 0 Å². The van der Waals surface area contributed by atoms with Gasteiger partial charge in [0.15, 0.2) is 0 Å². The number of nitro groups is 1. The Kier molecular flexibility index (Phi) is 5.56. The molecule has 1 fully saturated rings. The van der Waals surface area contributed by atoms with Crippen molar-refractivity contribution >= 4 is 51.2 Å². The van der Waals surface area contributed by atoms with E-state index in [4.69, 9.17) is 4.42 Å². The number of halogens is 1. The molecule has 11 heteroatoms. The number of non-ortho nitro benzene ring substituents is 1. The summed E-state index contributed by atoms with van der Waals surface area (Å²) < 4.78 is 6.37. The predicted molar refractivity (Wildman–Crippen MR) is 120 cm³/mol. The van der Waals surface area contributed by atoms with Crippen molar-refractivity contribution in [3.05, 3.63) is 80.0 Å². The van der Waals surface area contributed by atoms with Gasteiger partial charge in [-0.15, -0.1) is 0 Å². The van der Waals surface area contributed by atoms with E-state index in [2.05, 4.69) is 21.2 Å². The van der Waals surface area contributed by atoms with Crippen molar-refractivity contribution in [1.29, 1.82) is 0 Å². The number of carbonyl (C=O) groups excluding carboxylic acids is 3. The number of aryl methyl sites for hydroxylation is 1. The number of rotatable bonds is 4. The quantitative estimate of drug-likeness (QED) is 0.230. The summed E-state index contributed by atoms with van der Waals surface area (Å²) >= 11 is 3.35. The van der Waals surface area contributed by atoms with Crippen LogP contribution in [0.25, 0.3) is 17.4 Å². The summed E-state index contributed by atoms with van der Waals surface area (Å²) in [6.45, 7) is 1.79. The molecule has 1 aliphatic heterocycles. The smallest absolute Gasteiger partial charge is 0.335 e. The molecule has 0 bridgehead atoms. The number of imide groups is 2. The fraction of sp³-hybridized carbons (Fsp3) is 0.0455. The third kappa shape index (κ3) is 4.13. The number of benzene rings is 2. The highest BCUT2D eigenvalue weighted by Gasteiger charge is 2.37. The Morgan fingerprint density at radius 1 is 1.12 bits per heavy atom. The lowest BCUT2D eigenvalue weighted by atomic mass is 10.1. The van der Waals surface area contributed by atoms with Crippen LogP contribution >= 0.6 is 15.9 Å². The van der Waals surface area contributed by atoms with Crippen LogP contribution in [0.3, 0.4) is 0 Å². The van der Waals surface area contributed by atoms with Crippen LogP contribution in [0.2, 0.25) is 0 Å². The van der Waals surface area contributed by atoms with Crippen molar-refractivity contribution in [3.8, 4) is 17.1 Å². The molecule has 0 aliphatic carbocycles. The van der Waals surface area contributed by atoms with E-state index in [1.807, 2.05) is 0 Å². The number of furan rings is 1. The largest absolute Gasteiger partial charge is 0.507 e. The van der Waals surface area contributed by atoms with Gasteiger partial charge in [-0.1, -0.05) is 15.9 Å². The van der Waals surface area contributed by atoms with E-state index in [1.54, 1.807) is 25.1 Å². The maximum atomic E-state index is 13.0. The minimum Gasteiger partial charge on any atom is -0.507 e. The number of nitro benzene ring substituents is 1. The van der Waals surface area contributed by atoms with Crippen LogP contribution in [-0.4, -0.2) is 27.9 Å². The van der Waals surface area contributed by atoms with Crippen LogP contribution in [0.5, 0.6) is 5.75 Å². The van der Waals surface area contributed by atoms with E-state index in [1.165, 1.54) is 12.1 Å². The second-order valence-electron chi connectivity index (χ2n) is 7.05. The number of hydrogen-bond acceptors (Lipinski definition) is 7. The number of nitrogens with zero attached hydrogens (tertiary/aromatic N) is 2. The lowest BCUT2D eigenvalue weighted by Crippen LogP contribution is -2.54. The highest BCUT2D eigenvalue weighted by Crippen LogP contribution is 2.34. The molecule has 0 atom stereocenters. The fourth-order valence-corrected chi connectivity index (χ4v) is 3.46. The second kappa shape index (κ2) is 8.36. The van der Waals surface area contributed by atoms with E-state index in [9.17, 15) is 29.6 Å². The van der Waals surface area contributed by atoms with E-state index in [-0.39, 0.29) is 39.8 Å². The van der Waals surface area contributed by atoms with Crippen molar-refractivity contribution in [2.45, 2.75) is 6.92 Å². The van der Waals surface area contributed by atoms with Gasteiger partial charge in [0.25, 0.3) is 17.5 Å². The molecule has 4 rings (SSSR count). The first-order chi connectivity index (χ1) is 15.7. The number of nitrogens with one attached hydrogen (secondary N) is 1. The molecule has 0 unspecified atom stereocenters. The zero-order valence-corrected chi connectivity index (χ0v) is 18.5. The number of hydrogen-bond donors (Lipinski definition) is 2. The van der Waals surface area contributed by atoms with Crippen molar-refractivity contribution in [2.75, 3.05) is 4.90 Å². The normalized spacial score (nSPS) is 15.2. The standard InChI is InChI=1S/C22H14BrN3O7/c1-11-8-12(2-5-17(11)23)25-21(29)16(20(28)24-22(25)30)10-14-4-7-19(33-14)15-9-13(26(31)32)3-6-18(15)27/h2-10,27H,1H3,(H,24,28,30)/b16-10+. The second-order valence-corrected chi connectivity index (χ2v) is 7.91. The molecule has 33 heavy (non-hydrogen) atoms. The fourth-order valence-electron chi connectivity index (χ4n) is 3.21. The number of amides is 4. The lowest BCUT2D eigenvalue weighted by Gasteiger charge is -2.26. The first kappa shape index (κ1) is 22.0. The lowest BCUT2D eigenvalue weighted by molar-refractivity contribution is -0.384. The van der Waals surface area contributed by atoms with E-state index in [0.717, 1.165) is 39.2 Å². The first-order valence-corrected chi connectivity index (χ1v) is 10.2. The molecule has 10 nitrogen and oxygen atoms in total. The van der Waals surface area contributed by atoms with Crippen LogP contribution in [0, 0.1) is 17.0 Å². The molecule has 1 aliphatic rings. The maximum absolute atomic E-state index is 13.0. The molecule has 1 aromatic heterocycles. The Bertz CT molecular complexity index is 1380. The number of carbonyl (C=O) groups is 3. The molecule has 2 aromatic carbocycles. The third-order valence-corrected chi connectivity index (χ3v) is 5.76. The van der Waals surface area contributed by atoms with Crippen molar-refractivity contribution in [3.63, 3.8) is 0 Å². The summed E-state index contributed by atoms with van der Waals surface area (Å²) in [6, 6.07) is 10.3. The number of barbiturate groups is 1. The minimum atomic E-state index is -0.897. The number of phenolic OH excluding ortho intramolecular Hbond substituents is 1. The molecule has 2 N–H and O–H groups in total. The van der Waals surface area contributed by atoms with Gasteiger partial charge in [-0.3, -0.25) is 25.0 Å². The average Bonchev–Trinajstić information content (AvgIpc) is 3.22. The zero-order valence-electron chi connectivity index (χ0n) is 16.9. The summed E-state index contributed by atoms with van der Waals surface area (Å²) in [7, 11) is 0. The first-order valence-electron chi connectivity index (χ1n) is 9.41. The van der Waals surface area contributed by atoms with E-state index >= 15 is 0 Å². The van der Waals surface area contributed by atoms with Crippen molar-refractivity contribution in [1.82, 2.24) is 5.32 Å². The molecular formula is C22H14BrN3O7. The molecule has 3 aromatic rings. The summed E-state index contributed by atoms with van der Waals surface area (Å²) in [5.74, 6) is -1.84. The topological polar surface area (TPSA) is 143 Å². The van der Waals surface area contributed by atoms with Gasteiger partial charge in [-0.05, 0) is 55.0 Å². The molecule has 0 spiro atoms. The Hall–Kier alpha value is -4.25. The molecule has 0 saturated carbocycles. The Morgan fingerprint density at radius 2 is 1.88 bits per heavy atom. The average molecular weight is 512 g/mol. The summed E-state index contributed by atoms with van der Waals surface area (Å²) in [5, 5.41) is 23.2. The van der Waals surface area contributed by atoms with Crippen LogP contribution in [-0.2, 0) is 9.59 Å². The Labute approximate surface area is 194 Å². The molecule has 166 valence electrons. The summed E-state index contributed by atoms with van der Waals surface area (Å²) in [5.41, 5.74) is 0.524. The highest BCUT2D eigenvalue weighted by atomic mass is 79.9. The monoisotopic (exact) mass is 511 g/mol. The van der Waals surface area contributed by atoms with Crippen LogP contribution < -0.4 is 10.2 Å². The van der Waals surface area contributed by atoms with Crippen molar-refractivity contribution < 1.29 is 28.8 Å². The number of aromatic hydroxyl groups is 1. The van der Waals surface area contributed by atoms with Gasteiger partial charge < -0.3 is 9.52 Å². The molecule has 2 heterocycles. The zero-order chi connectivity index (χ0) is 23.9. The number of anilines is 1. The maximum Gasteiger partial charge on any atom is 0.335 e. The SMILES string of the molecule is Cc1cc(N2C(=O)NC(=O)/C(=C\c3ccc(-c4cc([N+](=O)[O-])ccc4O)o3)C2=O)ccc1Br.